The van der Waals surface area contributed by atoms with Crippen molar-refractivity contribution in [2.24, 2.45) is 5.92 Å². The molecule has 8 nitrogen and oxygen atoms in total. The number of halogens is 2. The molecule has 2 heterocycles. The summed E-state index contributed by atoms with van der Waals surface area (Å²) in [5.41, 5.74) is 0.451. The van der Waals surface area contributed by atoms with E-state index in [1.165, 1.54) is 31.5 Å². The summed E-state index contributed by atoms with van der Waals surface area (Å²) in [6.45, 7) is 5.35. The standard InChI is InChI=1S/C21H23F2N5O3/c1-12(2)21(22,23)11-31-17-7-6-15(10-25-17)13(3)26-19(30)16-8-9-24-20(27-16)28-18(29)14-4-5-14/h6-10,13-14H,1,4-5,11H2,2-3H3,(H,26,30)(H,24,27,28,29). The predicted molar refractivity (Wildman–Crippen MR) is 109 cm³/mol. The summed E-state index contributed by atoms with van der Waals surface area (Å²) in [5.74, 6) is -3.65. The van der Waals surface area contributed by atoms with E-state index in [4.69, 9.17) is 4.74 Å². The van der Waals surface area contributed by atoms with Gasteiger partial charge in [0, 0.05) is 24.4 Å². The number of ether oxygens (including phenoxy) is 1. The zero-order valence-corrected chi connectivity index (χ0v) is 17.2. The zero-order chi connectivity index (χ0) is 22.6. The second-order valence-corrected chi connectivity index (χ2v) is 7.43. The summed E-state index contributed by atoms with van der Waals surface area (Å²) in [6, 6.07) is 4.06. The monoisotopic (exact) mass is 431 g/mol. The van der Waals surface area contributed by atoms with Crippen LogP contribution in [0.2, 0.25) is 0 Å². The number of anilines is 1. The Morgan fingerprint density at radius 3 is 2.65 bits per heavy atom. The average molecular weight is 431 g/mol. The van der Waals surface area contributed by atoms with Crippen LogP contribution in [0, 0.1) is 5.92 Å². The van der Waals surface area contributed by atoms with Crippen molar-refractivity contribution in [1.29, 1.82) is 0 Å². The number of hydrogen-bond donors (Lipinski definition) is 2. The van der Waals surface area contributed by atoms with E-state index in [1.54, 1.807) is 13.0 Å². The lowest BCUT2D eigenvalue weighted by Gasteiger charge is -2.17. The lowest BCUT2D eigenvalue weighted by Crippen LogP contribution is -2.28. The highest BCUT2D eigenvalue weighted by Crippen LogP contribution is 2.29. The van der Waals surface area contributed by atoms with Crippen LogP contribution in [0.3, 0.4) is 0 Å². The number of amides is 2. The fourth-order valence-electron chi connectivity index (χ4n) is 2.48. The summed E-state index contributed by atoms with van der Waals surface area (Å²) >= 11 is 0. The molecule has 164 valence electrons. The van der Waals surface area contributed by atoms with Crippen molar-refractivity contribution in [3.63, 3.8) is 0 Å². The minimum Gasteiger partial charge on any atom is -0.471 e. The molecule has 0 aromatic carbocycles. The lowest BCUT2D eigenvalue weighted by molar-refractivity contribution is -0.117. The Morgan fingerprint density at radius 1 is 1.29 bits per heavy atom. The minimum absolute atomic E-state index is 0.00687. The topological polar surface area (TPSA) is 106 Å². The van der Waals surface area contributed by atoms with Crippen molar-refractivity contribution in [2.45, 2.75) is 38.7 Å². The molecule has 3 rings (SSSR count). The van der Waals surface area contributed by atoms with Gasteiger partial charge in [0.1, 0.15) is 5.69 Å². The zero-order valence-electron chi connectivity index (χ0n) is 17.2. The largest absolute Gasteiger partial charge is 0.471 e. The Morgan fingerprint density at radius 2 is 2.03 bits per heavy atom. The van der Waals surface area contributed by atoms with Crippen LogP contribution in [-0.2, 0) is 4.79 Å². The van der Waals surface area contributed by atoms with Gasteiger partial charge >= 0.3 is 5.92 Å². The van der Waals surface area contributed by atoms with Gasteiger partial charge in [0.2, 0.25) is 17.7 Å². The van der Waals surface area contributed by atoms with Crippen molar-refractivity contribution in [1.82, 2.24) is 20.3 Å². The van der Waals surface area contributed by atoms with E-state index in [0.29, 0.717) is 5.56 Å². The third-order valence-electron chi connectivity index (χ3n) is 4.70. The molecule has 1 saturated carbocycles. The lowest BCUT2D eigenvalue weighted by atomic mass is 10.1. The molecular formula is C21H23F2N5O3. The van der Waals surface area contributed by atoms with Crippen LogP contribution in [0.25, 0.3) is 0 Å². The molecule has 2 N–H and O–H groups in total. The van der Waals surface area contributed by atoms with E-state index in [-0.39, 0.29) is 34.9 Å². The molecule has 0 aliphatic heterocycles. The number of rotatable bonds is 9. The normalized spacial score (nSPS) is 14.5. The Kier molecular flexibility index (Phi) is 6.57. The van der Waals surface area contributed by atoms with Gasteiger partial charge in [-0.1, -0.05) is 12.6 Å². The smallest absolute Gasteiger partial charge is 0.302 e. The second-order valence-electron chi connectivity index (χ2n) is 7.43. The van der Waals surface area contributed by atoms with Gasteiger partial charge in [0.05, 0.1) is 6.04 Å². The molecule has 0 spiro atoms. The number of nitrogens with zero attached hydrogens (tertiary/aromatic N) is 3. The van der Waals surface area contributed by atoms with Crippen molar-refractivity contribution in [2.75, 3.05) is 11.9 Å². The van der Waals surface area contributed by atoms with Crippen molar-refractivity contribution in [3.05, 3.63) is 54.0 Å². The van der Waals surface area contributed by atoms with E-state index >= 15 is 0 Å². The van der Waals surface area contributed by atoms with Gasteiger partial charge in [-0.2, -0.15) is 8.78 Å². The maximum absolute atomic E-state index is 13.6. The predicted octanol–water partition coefficient (Wildman–Crippen LogP) is 3.30. The maximum Gasteiger partial charge on any atom is 0.302 e. The Labute approximate surface area is 178 Å². The Balaban J connectivity index is 1.57. The third kappa shape index (κ3) is 6.03. The Hall–Kier alpha value is -3.43. The molecule has 2 amide bonds. The first-order valence-corrected chi connectivity index (χ1v) is 9.73. The molecule has 2 aromatic rings. The van der Waals surface area contributed by atoms with Gasteiger partial charge in [0.15, 0.2) is 6.61 Å². The van der Waals surface area contributed by atoms with E-state index < -0.39 is 24.5 Å². The number of alkyl halides is 2. The second kappa shape index (κ2) is 9.15. The van der Waals surface area contributed by atoms with Crippen molar-refractivity contribution < 1.29 is 23.1 Å². The van der Waals surface area contributed by atoms with Crippen LogP contribution >= 0.6 is 0 Å². The quantitative estimate of drug-likeness (QED) is 0.590. The third-order valence-corrected chi connectivity index (χ3v) is 4.70. The van der Waals surface area contributed by atoms with Gasteiger partial charge in [-0.05, 0) is 43.9 Å². The average Bonchev–Trinajstić information content (AvgIpc) is 3.58. The Bertz CT molecular complexity index is 977. The van der Waals surface area contributed by atoms with E-state index in [2.05, 4.69) is 32.2 Å². The molecule has 1 unspecified atom stereocenters. The first-order valence-electron chi connectivity index (χ1n) is 9.73. The number of pyridine rings is 1. The first-order chi connectivity index (χ1) is 14.7. The highest BCUT2D eigenvalue weighted by Gasteiger charge is 2.31. The molecule has 1 atom stereocenters. The minimum atomic E-state index is -3.14. The van der Waals surface area contributed by atoms with Crippen LogP contribution in [0.15, 0.2) is 42.7 Å². The number of hydrogen-bond acceptors (Lipinski definition) is 6. The molecule has 2 aromatic heterocycles. The molecule has 0 saturated heterocycles. The van der Waals surface area contributed by atoms with Gasteiger partial charge in [-0.3, -0.25) is 14.9 Å². The molecule has 1 aliphatic rings. The summed E-state index contributed by atoms with van der Waals surface area (Å²) in [5, 5.41) is 5.36. The first kappa shape index (κ1) is 22.3. The summed E-state index contributed by atoms with van der Waals surface area (Å²) < 4.78 is 32.1. The van der Waals surface area contributed by atoms with E-state index in [9.17, 15) is 18.4 Å². The number of nitrogens with one attached hydrogen (secondary N) is 2. The summed E-state index contributed by atoms with van der Waals surface area (Å²) in [6.07, 6.45) is 4.51. The molecule has 31 heavy (non-hydrogen) atoms. The number of carbonyl (C=O) groups is 2. The fourth-order valence-corrected chi connectivity index (χ4v) is 2.48. The summed E-state index contributed by atoms with van der Waals surface area (Å²) in [4.78, 5) is 36.4. The SMILES string of the molecule is C=C(C)C(F)(F)COc1ccc(C(C)NC(=O)c2ccnc(NC(=O)C3CC3)n2)cn1. The van der Waals surface area contributed by atoms with Crippen molar-refractivity contribution >= 4 is 17.8 Å². The number of aromatic nitrogens is 3. The molecule has 10 heteroatoms. The highest BCUT2D eigenvalue weighted by molar-refractivity contribution is 5.95. The summed E-state index contributed by atoms with van der Waals surface area (Å²) in [7, 11) is 0. The van der Waals surface area contributed by atoms with Gasteiger partial charge in [-0.25, -0.2) is 15.0 Å². The van der Waals surface area contributed by atoms with Gasteiger partial charge in [-0.15, -0.1) is 0 Å². The molecule has 1 aliphatic carbocycles. The molecule has 0 radical (unpaired) electrons. The van der Waals surface area contributed by atoms with Crippen molar-refractivity contribution in [3.8, 4) is 5.88 Å². The van der Waals surface area contributed by atoms with E-state index in [0.717, 1.165) is 12.8 Å². The van der Waals surface area contributed by atoms with Gasteiger partial charge in [0.25, 0.3) is 5.91 Å². The van der Waals surface area contributed by atoms with Crippen LogP contribution < -0.4 is 15.4 Å². The van der Waals surface area contributed by atoms with Crippen LogP contribution in [-0.4, -0.2) is 39.3 Å². The van der Waals surface area contributed by atoms with Crippen LogP contribution in [0.4, 0.5) is 14.7 Å². The van der Waals surface area contributed by atoms with E-state index in [1.807, 2.05) is 0 Å². The molecule has 1 fully saturated rings. The van der Waals surface area contributed by atoms with Gasteiger partial charge < -0.3 is 10.1 Å². The molecule has 0 bridgehead atoms. The number of carbonyl (C=O) groups excluding carboxylic acids is 2. The fraction of sp³-hybridized carbons (Fsp3) is 0.381. The molecular weight excluding hydrogens is 408 g/mol. The van der Waals surface area contributed by atoms with Crippen LogP contribution in [0.5, 0.6) is 5.88 Å². The highest BCUT2D eigenvalue weighted by atomic mass is 19.3. The maximum atomic E-state index is 13.6. The van der Waals surface area contributed by atoms with Crippen LogP contribution in [0.1, 0.15) is 48.8 Å².